The van der Waals surface area contributed by atoms with E-state index in [4.69, 9.17) is 5.73 Å². The molecule has 0 aromatic carbocycles. The summed E-state index contributed by atoms with van der Waals surface area (Å²) in [6.45, 7) is 2.36. The molecular weight excluding hydrogens is 188 g/mol. The Kier molecular flexibility index (Phi) is 3.41. The van der Waals surface area contributed by atoms with Gasteiger partial charge in [0.15, 0.2) is 0 Å². The van der Waals surface area contributed by atoms with Gasteiger partial charge in [0.05, 0.1) is 0 Å². The Bertz CT molecular complexity index is 262. The van der Waals surface area contributed by atoms with Gasteiger partial charge in [-0.15, -0.1) is 0 Å². The predicted octanol–water partition coefficient (Wildman–Crippen LogP) is 1.15. The van der Waals surface area contributed by atoms with Crippen molar-refractivity contribution >= 4 is 5.91 Å². The number of nitrogens with zero attached hydrogens (tertiary/aromatic N) is 1. The molecule has 2 aliphatic rings. The highest BCUT2D eigenvalue weighted by atomic mass is 16.2. The summed E-state index contributed by atoms with van der Waals surface area (Å²) in [5.41, 5.74) is 5.71. The number of rotatable bonds is 2. The van der Waals surface area contributed by atoms with Crippen LogP contribution in [0.3, 0.4) is 0 Å². The number of carbonyl (C=O) groups is 1. The summed E-state index contributed by atoms with van der Waals surface area (Å²) in [4.78, 5) is 14.2. The molecule has 3 nitrogen and oxygen atoms in total. The first-order valence-electron chi connectivity index (χ1n) is 5.97. The summed E-state index contributed by atoms with van der Waals surface area (Å²) in [7, 11) is 0. The standard InChI is InChI=1S/C12H20N2O/c13-9-10-5-4-6-11(10)12(15)14-7-2-1-3-8-14/h1-2,10-11H,3-9,13H2. The van der Waals surface area contributed by atoms with Gasteiger partial charge in [-0.1, -0.05) is 18.6 Å². The lowest BCUT2D eigenvalue weighted by Gasteiger charge is -2.28. The van der Waals surface area contributed by atoms with Crippen LogP contribution in [-0.4, -0.2) is 30.4 Å². The van der Waals surface area contributed by atoms with E-state index in [9.17, 15) is 4.79 Å². The van der Waals surface area contributed by atoms with Gasteiger partial charge in [0.2, 0.25) is 5.91 Å². The van der Waals surface area contributed by atoms with E-state index in [0.717, 1.165) is 32.4 Å². The molecule has 0 saturated heterocycles. The maximum atomic E-state index is 12.2. The van der Waals surface area contributed by atoms with Crippen molar-refractivity contribution in [1.82, 2.24) is 4.90 Å². The number of hydrogen-bond donors (Lipinski definition) is 1. The fourth-order valence-electron chi connectivity index (χ4n) is 2.72. The number of nitrogens with two attached hydrogens (primary N) is 1. The Labute approximate surface area is 91.3 Å². The van der Waals surface area contributed by atoms with E-state index >= 15 is 0 Å². The molecule has 1 aliphatic heterocycles. The van der Waals surface area contributed by atoms with E-state index in [1.54, 1.807) is 0 Å². The van der Waals surface area contributed by atoms with Crippen LogP contribution in [0, 0.1) is 11.8 Å². The molecule has 1 amide bonds. The predicted molar refractivity (Wildman–Crippen MR) is 60.2 cm³/mol. The zero-order chi connectivity index (χ0) is 10.7. The third-order valence-corrected chi connectivity index (χ3v) is 3.65. The highest BCUT2D eigenvalue weighted by molar-refractivity contribution is 5.79. The van der Waals surface area contributed by atoms with Gasteiger partial charge in [-0.2, -0.15) is 0 Å². The van der Waals surface area contributed by atoms with Crippen LogP contribution < -0.4 is 5.73 Å². The van der Waals surface area contributed by atoms with E-state index in [-0.39, 0.29) is 5.92 Å². The molecule has 2 atom stereocenters. The normalized spacial score (nSPS) is 30.9. The zero-order valence-corrected chi connectivity index (χ0v) is 9.19. The largest absolute Gasteiger partial charge is 0.338 e. The molecule has 0 radical (unpaired) electrons. The second kappa shape index (κ2) is 4.79. The second-order valence-electron chi connectivity index (χ2n) is 4.58. The van der Waals surface area contributed by atoms with Gasteiger partial charge >= 0.3 is 0 Å². The SMILES string of the molecule is NCC1CCCC1C(=O)N1CC=CCC1. The minimum absolute atomic E-state index is 0.210. The molecule has 1 saturated carbocycles. The first-order valence-corrected chi connectivity index (χ1v) is 5.97. The summed E-state index contributed by atoms with van der Waals surface area (Å²) in [5, 5.41) is 0. The molecule has 84 valence electrons. The van der Waals surface area contributed by atoms with E-state index in [0.29, 0.717) is 18.4 Å². The van der Waals surface area contributed by atoms with Crippen molar-refractivity contribution in [2.75, 3.05) is 19.6 Å². The Hall–Kier alpha value is -0.830. The molecule has 0 aromatic heterocycles. The van der Waals surface area contributed by atoms with Gasteiger partial charge in [0.25, 0.3) is 0 Å². The highest BCUT2D eigenvalue weighted by Crippen LogP contribution is 2.32. The average Bonchev–Trinajstić information content (AvgIpc) is 2.77. The Morgan fingerprint density at radius 1 is 1.40 bits per heavy atom. The lowest BCUT2D eigenvalue weighted by Crippen LogP contribution is -2.40. The average molecular weight is 208 g/mol. The van der Waals surface area contributed by atoms with Crippen LogP contribution in [0.2, 0.25) is 0 Å². The molecule has 1 heterocycles. The fraction of sp³-hybridized carbons (Fsp3) is 0.750. The molecule has 15 heavy (non-hydrogen) atoms. The van der Waals surface area contributed by atoms with Crippen molar-refractivity contribution in [3.8, 4) is 0 Å². The van der Waals surface area contributed by atoms with Gasteiger partial charge in [-0.25, -0.2) is 0 Å². The fourth-order valence-corrected chi connectivity index (χ4v) is 2.72. The maximum Gasteiger partial charge on any atom is 0.226 e. The van der Waals surface area contributed by atoms with Crippen LogP contribution >= 0.6 is 0 Å². The van der Waals surface area contributed by atoms with Crippen LogP contribution in [0.15, 0.2) is 12.2 Å². The third kappa shape index (κ3) is 2.23. The van der Waals surface area contributed by atoms with Crippen LogP contribution in [0.5, 0.6) is 0 Å². The molecule has 2 rings (SSSR count). The molecule has 1 fully saturated rings. The minimum atomic E-state index is 0.210. The smallest absolute Gasteiger partial charge is 0.226 e. The molecule has 0 spiro atoms. The maximum absolute atomic E-state index is 12.2. The van der Waals surface area contributed by atoms with Crippen LogP contribution in [-0.2, 0) is 4.79 Å². The van der Waals surface area contributed by atoms with Gasteiger partial charge < -0.3 is 10.6 Å². The van der Waals surface area contributed by atoms with E-state index in [1.807, 2.05) is 4.90 Å². The summed E-state index contributed by atoms with van der Waals surface area (Å²) >= 11 is 0. The first kappa shape index (κ1) is 10.7. The van der Waals surface area contributed by atoms with Crippen molar-refractivity contribution < 1.29 is 4.79 Å². The topological polar surface area (TPSA) is 46.3 Å². The lowest BCUT2D eigenvalue weighted by molar-refractivity contribution is -0.136. The molecule has 0 bridgehead atoms. The molecule has 0 aromatic rings. The van der Waals surface area contributed by atoms with Crippen LogP contribution in [0.25, 0.3) is 0 Å². The Morgan fingerprint density at radius 3 is 2.93 bits per heavy atom. The van der Waals surface area contributed by atoms with Crippen molar-refractivity contribution in [2.24, 2.45) is 17.6 Å². The summed E-state index contributed by atoms with van der Waals surface area (Å²) in [6.07, 6.45) is 8.60. The van der Waals surface area contributed by atoms with E-state index in [2.05, 4.69) is 12.2 Å². The summed E-state index contributed by atoms with van der Waals surface area (Å²) < 4.78 is 0. The van der Waals surface area contributed by atoms with E-state index < -0.39 is 0 Å². The van der Waals surface area contributed by atoms with Crippen molar-refractivity contribution in [2.45, 2.75) is 25.7 Å². The minimum Gasteiger partial charge on any atom is -0.338 e. The monoisotopic (exact) mass is 208 g/mol. The number of carbonyl (C=O) groups excluding carboxylic acids is 1. The molecule has 1 aliphatic carbocycles. The number of hydrogen-bond acceptors (Lipinski definition) is 2. The Balaban J connectivity index is 1.97. The van der Waals surface area contributed by atoms with Gasteiger partial charge in [-0.05, 0) is 31.7 Å². The molecule has 2 N–H and O–H groups in total. The van der Waals surface area contributed by atoms with Crippen molar-refractivity contribution in [1.29, 1.82) is 0 Å². The van der Waals surface area contributed by atoms with Gasteiger partial charge in [-0.3, -0.25) is 4.79 Å². The zero-order valence-electron chi connectivity index (χ0n) is 9.19. The van der Waals surface area contributed by atoms with E-state index in [1.165, 1.54) is 6.42 Å². The molecule has 2 unspecified atom stereocenters. The van der Waals surface area contributed by atoms with Crippen LogP contribution in [0.1, 0.15) is 25.7 Å². The molecular formula is C12H20N2O. The van der Waals surface area contributed by atoms with Gasteiger partial charge in [0.1, 0.15) is 0 Å². The Morgan fingerprint density at radius 2 is 2.27 bits per heavy atom. The van der Waals surface area contributed by atoms with Crippen LogP contribution in [0.4, 0.5) is 0 Å². The second-order valence-corrected chi connectivity index (χ2v) is 4.58. The lowest BCUT2D eigenvalue weighted by atomic mass is 9.94. The quantitative estimate of drug-likeness (QED) is 0.692. The van der Waals surface area contributed by atoms with Crippen molar-refractivity contribution in [3.63, 3.8) is 0 Å². The van der Waals surface area contributed by atoms with Crippen molar-refractivity contribution in [3.05, 3.63) is 12.2 Å². The highest BCUT2D eigenvalue weighted by Gasteiger charge is 2.34. The third-order valence-electron chi connectivity index (χ3n) is 3.65. The van der Waals surface area contributed by atoms with Gasteiger partial charge in [0, 0.05) is 19.0 Å². The summed E-state index contributed by atoms with van der Waals surface area (Å²) in [5.74, 6) is 0.984. The first-order chi connectivity index (χ1) is 7.33. The molecule has 3 heteroatoms. The summed E-state index contributed by atoms with van der Waals surface area (Å²) in [6, 6.07) is 0. The number of amides is 1.